The number of aromatic amines is 1. The monoisotopic (exact) mass is 277 g/mol. The highest BCUT2D eigenvalue weighted by atomic mass is 35.5. The fraction of sp³-hybridized carbons (Fsp3) is 0.154. The lowest BCUT2D eigenvalue weighted by atomic mass is 10.2. The number of H-pyrrole nitrogens is 1. The minimum absolute atomic E-state index is 0.0555. The Balaban J connectivity index is 2.28. The summed E-state index contributed by atoms with van der Waals surface area (Å²) in [5.74, 6) is -0.478. The number of nitrogens with one attached hydrogen (secondary N) is 2. The molecule has 0 spiro atoms. The maximum Gasteiger partial charge on any atom is 0.261 e. The van der Waals surface area contributed by atoms with Crippen molar-refractivity contribution in [3.8, 4) is 0 Å². The van der Waals surface area contributed by atoms with Crippen LogP contribution in [0.25, 0.3) is 0 Å². The van der Waals surface area contributed by atoms with Crippen molar-refractivity contribution in [2.45, 2.75) is 13.8 Å². The number of amides is 1. The molecule has 2 N–H and O–H groups in total. The summed E-state index contributed by atoms with van der Waals surface area (Å²) < 4.78 is 0. The molecular formula is C13H12ClN3O2. The van der Waals surface area contributed by atoms with E-state index in [0.29, 0.717) is 16.5 Å². The largest absolute Gasteiger partial charge is 0.326 e. The smallest absolute Gasteiger partial charge is 0.261 e. The van der Waals surface area contributed by atoms with E-state index in [1.165, 1.54) is 12.3 Å². The molecule has 19 heavy (non-hydrogen) atoms. The van der Waals surface area contributed by atoms with Crippen LogP contribution in [0.15, 0.2) is 29.2 Å². The van der Waals surface area contributed by atoms with Crippen LogP contribution in [-0.2, 0) is 0 Å². The SMILES string of the molecule is Cc1ccc(C(=O)Nc2cnc(Cl)cc2C)c(=O)[nH]1. The molecule has 1 amide bonds. The summed E-state index contributed by atoms with van der Waals surface area (Å²) in [5, 5.41) is 2.98. The van der Waals surface area contributed by atoms with Gasteiger partial charge in [0, 0.05) is 5.69 Å². The molecular weight excluding hydrogens is 266 g/mol. The molecule has 6 heteroatoms. The van der Waals surface area contributed by atoms with Crippen LogP contribution < -0.4 is 10.9 Å². The van der Waals surface area contributed by atoms with Crippen LogP contribution in [0.5, 0.6) is 0 Å². The predicted octanol–water partition coefficient (Wildman–Crippen LogP) is 2.29. The average molecular weight is 278 g/mol. The number of hydrogen-bond donors (Lipinski definition) is 2. The second kappa shape index (κ2) is 5.24. The molecule has 2 aromatic heterocycles. The summed E-state index contributed by atoms with van der Waals surface area (Å²) >= 11 is 5.73. The van der Waals surface area contributed by atoms with Gasteiger partial charge in [0.15, 0.2) is 0 Å². The van der Waals surface area contributed by atoms with Crippen molar-refractivity contribution < 1.29 is 4.79 Å². The maximum absolute atomic E-state index is 12.0. The van der Waals surface area contributed by atoms with Crippen LogP contribution in [0.1, 0.15) is 21.6 Å². The van der Waals surface area contributed by atoms with Gasteiger partial charge in [-0.15, -0.1) is 0 Å². The van der Waals surface area contributed by atoms with E-state index in [1.54, 1.807) is 26.0 Å². The molecule has 5 nitrogen and oxygen atoms in total. The molecule has 0 fully saturated rings. The average Bonchev–Trinajstić information content (AvgIpc) is 2.32. The zero-order valence-electron chi connectivity index (χ0n) is 10.5. The van der Waals surface area contributed by atoms with Gasteiger partial charge in [-0.25, -0.2) is 4.98 Å². The molecule has 0 aromatic carbocycles. The van der Waals surface area contributed by atoms with Crippen molar-refractivity contribution in [2.24, 2.45) is 0 Å². The second-order valence-corrected chi connectivity index (χ2v) is 4.55. The molecule has 0 bridgehead atoms. The molecule has 0 saturated carbocycles. The highest BCUT2D eigenvalue weighted by Crippen LogP contribution is 2.17. The van der Waals surface area contributed by atoms with Crippen molar-refractivity contribution in [1.82, 2.24) is 9.97 Å². The van der Waals surface area contributed by atoms with Gasteiger partial charge in [0.1, 0.15) is 10.7 Å². The first-order chi connectivity index (χ1) is 8.97. The number of aromatic nitrogens is 2. The van der Waals surface area contributed by atoms with Crippen molar-refractivity contribution in [1.29, 1.82) is 0 Å². The third-order valence-corrected chi connectivity index (χ3v) is 2.83. The Hall–Kier alpha value is -2.14. The highest BCUT2D eigenvalue weighted by molar-refractivity contribution is 6.29. The van der Waals surface area contributed by atoms with Gasteiger partial charge in [-0.05, 0) is 37.6 Å². The molecule has 2 heterocycles. The number of anilines is 1. The number of nitrogens with zero attached hydrogens (tertiary/aromatic N) is 1. The number of pyridine rings is 2. The number of halogens is 1. The Kier molecular flexibility index (Phi) is 3.66. The van der Waals surface area contributed by atoms with Gasteiger partial charge in [0.25, 0.3) is 11.5 Å². The van der Waals surface area contributed by atoms with E-state index in [4.69, 9.17) is 11.6 Å². The van der Waals surface area contributed by atoms with E-state index in [9.17, 15) is 9.59 Å². The molecule has 0 saturated heterocycles. The van der Waals surface area contributed by atoms with Gasteiger partial charge in [0.2, 0.25) is 0 Å². The van der Waals surface area contributed by atoms with Gasteiger partial charge in [-0.3, -0.25) is 9.59 Å². The lowest BCUT2D eigenvalue weighted by Crippen LogP contribution is -2.23. The van der Waals surface area contributed by atoms with Crippen LogP contribution in [0.3, 0.4) is 0 Å². The van der Waals surface area contributed by atoms with E-state index in [-0.39, 0.29) is 5.56 Å². The van der Waals surface area contributed by atoms with Gasteiger partial charge in [-0.2, -0.15) is 0 Å². The Morgan fingerprint density at radius 3 is 2.74 bits per heavy atom. The molecule has 0 aliphatic rings. The fourth-order valence-corrected chi connectivity index (χ4v) is 1.81. The van der Waals surface area contributed by atoms with E-state index in [1.807, 2.05) is 0 Å². The summed E-state index contributed by atoms with van der Waals surface area (Å²) in [6.07, 6.45) is 1.46. The lowest BCUT2D eigenvalue weighted by molar-refractivity contribution is 0.102. The van der Waals surface area contributed by atoms with Crippen LogP contribution in [0.4, 0.5) is 5.69 Å². The predicted molar refractivity (Wildman–Crippen MR) is 73.7 cm³/mol. The first-order valence-electron chi connectivity index (χ1n) is 5.61. The zero-order chi connectivity index (χ0) is 14.0. The van der Waals surface area contributed by atoms with Crippen LogP contribution >= 0.6 is 11.6 Å². The van der Waals surface area contributed by atoms with E-state index in [0.717, 1.165) is 5.56 Å². The molecule has 0 radical (unpaired) electrons. The quantitative estimate of drug-likeness (QED) is 0.827. The third-order valence-electron chi connectivity index (χ3n) is 2.63. The standard InChI is InChI=1S/C13H12ClN3O2/c1-7-5-11(14)15-6-10(7)17-13(19)9-4-3-8(2)16-12(9)18/h3-6H,1-2H3,(H,16,18)(H,17,19). The molecule has 0 atom stereocenters. The van der Waals surface area contributed by atoms with Gasteiger partial charge >= 0.3 is 0 Å². The van der Waals surface area contributed by atoms with E-state index >= 15 is 0 Å². The topological polar surface area (TPSA) is 74.8 Å². The summed E-state index contributed by atoms with van der Waals surface area (Å²) in [7, 11) is 0. The summed E-state index contributed by atoms with van der Waals surface area (Å²) in [6.45, 7) is 3.54. The minimum Gasteiger partial charge on any atom is -0.326 e. The number of carbonyl (C=O) groups is 1. The first kappa shape index (κ1) is 13.3. The summed E-state index contributed by atoms with van der Waals surface area (Å²) in [4.78, 5) is 30.1. The molecule has 0 aliphatic heterocycles. The molecule has 98 valence electrons. The van der Waals surface area contributed by atoms with Crippen molar-refractivity contribution in [3.63, 3.8) is 0 Å². The highest BCUT2D eigenvalue weighted by Gasteiger charge is 2.12. The minimum atomic E-state index is -0.478. The number of hydrogen-bond acceptors (Lipinski definition) is 3. The van der Waals surface area contributed by atoms with Crippen molar-refractivity contribution in [3.05, 3.63) is 56.7 Å². The first-order valence-corrected chi connectivity index (χ1v) is 5.98. The second-order valence-electron chi connectivity index (χ2n) is 4.16. The van der Waals surface area contributed by atoms with Crippen LogP contribution in [0, 0.1) is 13.8 Å². The summed E-state index contributed by atoms with van der Waals surface area (Å²) in [5.41, 5.74) is 1.63. The lowest BCUT2D eigenvalue weighted by Gasteiger charge is -2.07. The van der Waals surface area contributed by atoms with Gasteiger partial charge < -0.3 is 10.3 Å². The maximum atomic E-state index is 12.0. The van der Waals surface area contributed by atoms with Crippen molar-refractivity contribution in [2.75, 3.05) is 5.32 Å². The molecule has 2 aromatic rings. The normalized spacial score (nSPS) is 10.3. The molecule has 2 rings (SSSR count). The van der Waals surface area contributed by atoms with Crippen LogP contribution in [0.2, 0.25) is 5.15 Å². The third kappa shape index (κ3) is 3.00. The Bertz CT molecular complexity index is 695. The zero-order valence-corrected chi connectivity index (χ0v) is 11.2. The number of carbonyl (C=O) groups excluding carboxylic acids is 1. The Morgan fingerprint density at radius 2 is 2.11 bits per heavy atom. The Labute approximate surface area is 114 Å². The van der Waals surface area contributed by atoms with Crippen molar-refractivity contribution >= 4 is 23.2 Å². The van der Waals surface area contributed by atoms with E-state index < -0.39 is 11.5 Å². The summed E-state index contributed by atoms with van der Waals surface area (Å²) in [6, 6.07) is 4.79. The van der Waals surface area contributed by atoms with Crippen LogP contribution in [-0.4, -0.2) is 15.9 Å². The van der Waals surface area contributed by atoms with Gasteiger partial charge in [0.05, 0.1) is 11.9 Å². The van der Waals surface area contributed by atoms with Gasteiger partial charge in [-0.1, -0.05) is 11.6 Å². The fourth-order valence-electron chi connectivity index (χ4n) is 1.59. The number of aryl methyl sites for hydroxylation is 2. The van der Waals surface area contributed by atoms with E-state index in [2.05, 4.69) is 15.3 Å². The molecule has 0 unspecified atom stereocenters. The Morgan fingerprint density at radius 1 is 1.37 bits per heavy atom. The molecule has 0 aliphatic carbocycles. The number of rotatable bonds is 2.